The first kappa shape index (κ1) is 24.3. The Morgan fingerprint density at radius 2 is 1.91 bits per heavy atom. The van der Waals surface area contributed by atoms with Crippen molar-refractivity contribution in [3.63, 3.8) is 0 Å². The van der Waals surface area contributed by atoms with Crippen molar-refractivity contribution in [1.82, 2.24) is 25.3 Å². The van der Waals surface area contributed by atoms with Crippen LogP contribution in [0.15, 0.2) is 73.1 Å². The maximum absolute atomic E-state index is 13.9. The van der Waals surface area contributed by atoms with Gasteiger partial charge in [-0.3, -0.25) is 19.5 Å². The second-order valence-corrected chi connectivity index (χ2v) is 9.08. The average Bonchev–Trinajstić information content (AvgIpc) is 3.25. The van der Waals surface area contributed by atoms with E-state index in [2.05, 4.69) is 34.5 Å². The van der Waals surface area contributed by atoms with Crippen LogP contribution < -0.4 is 10.2 Å². The lowest BCUT2D eigenvalue weighted by Gasteiger charge is -2.31. The molecule has 2 amide bonds. The third kappa shape index (κ3) is 5.84. The summed E-state index contributed by atoms with van der Waals surface area (Å²) in [5.74, 6) is -0.204. The molecular weight excluding hydrogens is 464 g/mol. The van der Waals surface area contributed by atoms with Gasteiger partial charge in [-0.25, -0.2) is 4.68 Å². The van der Waals surface area contributed by atoms with Crippen LogP contribution in [0.5, 0.6) is 0 Å². The van der Waals surface area contributed by atoms with Crippen LogP contribution in [0.2, 0.25) is 5.02 Å². The van der Waals surface area contributed by atoms with Crippen molar-refractivity contribution in [2.24, 2.45) is 5.92 Å². The first-order valence-electron chi connectivity index (χ1n) is 11.5. The number of amides is 2. The summed E-state index contributed by atoms with van der Waals surface area (Å²) in [6, 6.07) is 16.9. The smallest absolute Gasteiger partial charge is 0.249 e. The fourth-order valence-electron chi connectivity index (χ4n) is 3.84. The van der Waals surface area contributed by atoms with E-state index in [1.54, 1.807) is 48.8 Å². The Labute approximate surface area is 208 Å². The summed E-state index contributed by atoms with van der Waals surface area (Å²) in [6.07, 6.45) is 4.05. The molecule has 0 radical (unpaired) electrons. The van der Waals surface area contributed by atoms with E-state index in [1.165, 1.54) is 9.58 Å². The molecule has 0 saturated carbocycles. The first-order chi connectivity index (χ1) is 16.9. The maximum atomic E-state index is 13.9. The van der Waals surface area contributed by atoms with Gasteiger partial charge in [-0.2, -0.15) is 0 Å². The lowest BCUT2D eigenvalue weighted by atomic mass is 10.0. The van der Waals surface area contributed by atoms with Crippen molar-refractivity contribution in [2.45, 2.75) is 32.9 Å². The fourth-order valence-corrected chi connectivity index (χ4v) is 4.02. The Bertz CT molecular complexity index is 1310. The minimum atomic E-state index is -0.948. The summed E-state index contributed by atoms with van der Waals surface area (Å²) in [7, 11) is 0. The number of pyridine rings is 1. The number of rotatable bonds is 9. The molecule has 8 nitrogen and oxygen atoms in total. The molecule has 1 N–H and O–H groups in total. The van der Waals surface area contributed by atoms with E-state index in [9.17, 15) is 9.59 Å². The fraction of sp³-hybridized carbons (Fsp3) is 0.269. The van der Waals surface area contributed by atoms with Crippen LogP contribution in [-0.2, 0) is 16.1 Å². The predicted octanol–water partition coefficient (Wildman–Crippen LogP) is 4.42. The molecule has 0 spiro atoms. The lowest BCUT2D eigenvalue weighted by Crippen LogP contribution is -2.45. The van der Waals surface area contributed by atoms with Crippen molar-refractivity contribution in [1.29, 1.82) is 0 Å². The highest BCUT2D eigenvalue weighted by Crippen LogP contribution is 2.30. The van der Waals surface area contributed by atoms with E-state index < -0.39 is 6.04 Å². The molecule has 9 heteroatoms. The molecule has 0 aliphatic carbocycles. The largest absolute Gasteiger partial charge is 0.354 e. The quantitative estimate of drug-likeness (QED) is 0.375. The number of halogens is 1. The van der Waals surface area contributed by atoms with Gasteiger partial charge in [0.25, 0.3) is 0 Å². The molecule has 2 aromatic heterocycles. The van der Waals surface area contributed by atoms with Gasteiger partial charge in [-0.1, -0.05) is 54.9 Å². The summed E-state index contributed by atoms with van der Waals surface area (Å²) in [6.45, 7) is 4.58. The van der Waals surface area contributed by atoms with Gasteiger partial charge in [0.05, 0.1) is 5.52 Å². The predicted molar refractivity (Wildman–Crippen MR) is 136 cm³/mol. The third-order valence-corrected chi connectivity index (χ3v) is 5.82. The van der Waals surface area contributed by atoms with Crippen molar-refractivity contribution >= 4 is 40.1 Å². The number of nitrogens with one attached hydrogen (secondary N) is 1. The van der Waals surface area contributed by atoms with E-state index in [0.717, 1.165) is 11.9 Å². The van der Waals surface area contributed by atoms with Gasteiger partial charge in [0, 0.05) is 35.2 Å². The number of hydrogen-bond acceptors (Lipinski definition) is 5. The molecule has 0 bridgehead atoms. The Balaban J connectivity index is 1.74. The molecule has 2 heterocycles. The molecule has 0 saturated heterocycles. The van der Waals surface area contributed by atoms with E-state index in [4.69, 9.17) is 11.6 Å². The Hall–Kier alpha value is -3.78. The summed E-state index contributed by atoms with van der Waals surface area (Å²) in [5, 5.41) is 11.7. The second-order valence-electron chi connectivity index (χ2n) is 8.64. The van der Waals surface area contributed by atoms with Gasteiger partial charge >= 0.3 is 0 Å². The minimum Gasteiger partial charge on any atom is -0.354 e. The van der Waals surface area contributed by atoms with E-state index in [1.807, 2.05) is 24.3 Å². The van der Waals surface area contributed by atoms with Gasteiger partial charge in [-0.15, -0.1) is 5.10 Å². The number of carbonyl (C=O) groups is 2. The lowest BCUT2D eigenvalue weighted by molar-refractivity contribution is -0.127. The first-order valence-corrected chi connectivity index (χ1v) is 11.9. The standard InChI is InChI=1S/C26H27ClN6O2/c1-18(2)12-14-29-26(35)25(19-7-6-13-28-16-19)33(21-9-5-8-20(27)15-21)24(34)17-32-23-11-4-3-10-22(23)30-31-32/h3-11,13,15-16,18,25H,12,14,17H2,1-2H3,(H,29,35). The number of para-hydroxylation sites is 1. The zero-order valence-electron chi connectivity index (χ0n) is 19.6. The Morgan fingerprint density at radius 1 is 1.09 bits per heavy atom. The Morgan fingerprint density at radius 3 is 2.66 bits per heavy atom. The average molecular weight is 491 g/mol. The van der Waals surface area contributed by atoms with Crippen molar-refractivity contribution < 1.29 is 9.59 Å². The molecule has 4 aromatic rings. The maximum Gasteiger partial charge on any atom is 0.249 e. The highest BCUT2D eigenvalue weighted by atomic mass is 35.5. The molecular formula is C26H27ClN6O2. The number of hydrogen-bond donors (Lipinski definition) is 1. The van der Waals surface area contributed by atoms with Gasteiger partial charge in [0.1, 0.15) is 18.1 Å². The molecule has 0 fully saturated rings. The summed E-state index contributed by atoms with van der Waals surface area (Å²) in [4.78, 5) is 33.1. The van der Waals surface area contributed by atoms with Crippen molar-refractivity contribution in [3.8, 4) is 0 Å². The molecule has 2 aromatic carbocycles. The number of anilines is 1. The summed E-state index contributed by atoms with van der Waals surface area (Å²) >= 11 is 6.28. The number of nitrogens with zero attached hydrogens (tertiary/aromatic N) is 5. The minimum absolute atomic E-state index is 0.108. The molecule has 1 atom stereocenters. The van der Waals surface area contributed by atoms with Gasteiger partial charge in [-0.05, 0) is 48.7 Å². The van der Waals surface area contributed by atoms with Crippen LogP contribution in [-0.4, -0.2) is 38.3 Å². The highest BCUT2D eigenvalue weighted by molar-refractivity contribution is 6.31. The van der Waals surface area contributed by atoms with Gasteiger partial charge < -0.3 is 5.32 Å². The van der Waals surface area contributed by atoms with Crippen molar-refractivity contribution in [2.75, 3.05) is 11.4 Å². The van der Waals surface area contributed by atoms with Crippen LogP contribution in [0.4, 0.5) is 5.69 Å². The van der Waals surface area contributed by atoms with Gasteiger partial charge in [0.15, 0.2) is 0 Å². The van der Waals surface area contributed by atoms with Crippen LogP contribution in [0.25, 0.3) is 11.0 Å². The Kier molecular flexibility index (Phi) is 7.72. The van der Waals surface area contributed by atoms with Crippen LogP contribution in [0.3, 0.4) is 0 Å². The summed E-state index contributed by atoms with van der Waals surface area (Å²) < 4.78 is 1.53. The zero-order valence-corrected chi connectivity index (χ0v) is 20.4. The molecule has 0 aliphatic heterocycles. The summed E-state index contributed by atoms with van der Waals surface area (Å²) in [5.41, 5.74) is 2.50. The number of carbonyl (C=O) groups excluding carboxylic acids is 2. The molecule has 1 unspecified atom stereocenters. The normalized spacial score (nSPS) is 12.0. The zero-order chi connectivity index (χ0) is 24.8. The van der Waals surface area contributed by atoms with Crippen LogP contribution in [0.1, 0.15) is 31.9 Å². The van der Waals surface area contributed by atoms with Crippen LogP contribution in [0, 0.1) is 5.92 Å². The topological polar surface area (TPSA) is 93.0 Å². The number of benzene rings is 2. The van der Waals surface area contributed by atoms with E-state index in [-0.39, 0.29) is 18.4 Å². The monoisotopic (exact) mass is 490 g/mol. The van der Waals surface area contributed by atoms with E-state index >= 15 is 0 Å². The number of fused-ring (bicyclic) bond motifs is 1. The number of aromatic nitrogens is 4. The second kappa shape index (κ2) is 11.1. The molecule has 0 aliphatic rings. The van der Waals surface area contributed by atoms with Crippen molar-refractivity contribution in [3.05, 3.63) is 83.6 Å². The van der Waals surface area contributed by atoms with Gasteiger partial charge in [0.2, 0.25) is 11.8 Å². The highest BCUT2D eigenvalue weighted by Gasteiger charge is 2.33. The van der Waals surface area contributed by atoms with E-state index in [0.29, 0.717) is 34.3 Å². The molecule has 180 valence electrons. The SMILES string of the molecule is CC(C)CCNC(=O)C(c1cccnc1)N(C(=O)Cn1nnc2ccccc21)c1cccc(Cl)c1. The molecule has 4 rings (SSSR count). The molecule has 35 heavy (non-hydrogen) atoms. The third-order valence-electron chi connectivity index (χ3n) is 5.59. The van der Waals surface area contributed by atoms with Crippen LogP contribution >= 0.6 is 11.6 Å².